The molecule has 0 aliphatic carbocycles. The molecule has 0 radical (unpaired) electrons. The van der Waals surface area contributed by atoms with Crippen LogP contribution in [0.25, 0.3) is 16.8 Å². The second-order valence-electron chi connectivity index (χ2n) is 6.77. The number of aromatic nitrogens is 7. The Bertz CT molecular complexity index is 1270. The highest BCUT2D eigenvalue weighted by Gasteiger charge is 2.37. The Hall–Kier alpha value is -3.02. The van der Waals surface area contributed by atoms with Gasteiger partial charge in [-0.3, -0.25) is 9.13 Å². The molecule has 0 aromatic carbocycles. The smallest absolute Gasteiger partial charge is 0.330 e. The standard InChI is InChI=1S/C16H15ClN8O3/c1-23-11-3-18-14(21-10-4-25-12(2-9(10)17)19-8-20-25)22-13(11)24(15(23)26)5-16(27)6-28-7-16/h2-4,8,27H,5-7H2,1H3,(H,18,21,22). The molecule has 4 aromatic heterocycles. The van der Waals surface area contributed by atoms with E-state index in [1.807, 2.05) is 0 Å². The molecule has 28 heavy (non-hydrogen) atoms. The molecule has 0 bridgehead atoms. The van der Waals surface area contributed by atoms with Crippen LogP contribution in [0.3, 0.4) is 0 Å². The number of aliphatic hydroxyl groups is 1. The molecule has 1 saturated heterocycles. The summed E-state index contributed by atoms with van der Waals surface area (Å²) in [7, 11) is 1.63. The van der Waals surface area contributed by atoms with Gasteiger partial charge in [0.05, 0.1) is 42.9 Å². The molecule has 5 rings (SSSR count). The lowest BCUT2D eigenvalue weighted by atomic mass is 10.0. The fraction of sp³-hybridized carbons (Fsp3) is 0.312. The van der Waals surface area contributed by atoms with Crippen molar-refractivity contribution in [3.63, 3.8) is 0 Å². The third kappa shape index (κ3) is 2.63. The quantitative estimate of drug-likeness (QED) is 0.500. The largest absolute Gasteiger partial charge is 0.383 e. The lowest BCUT2D eigenvalue weighted by Gasteiger charge is -2.36. The number of fused-ring (bicyclic) bond motifs is 2. The van der Waals surface area contributed by atoms with Gasteiger partial charge in [0, 0.05) is 13.1 Å². The highest BCUT2D eigenvalue weighted by atomic mass is 35.5. The fourth-order valence-electron chi connectivity index (χ4n) is 3.15. The maximum absolute atomic E-state index is 12.6. The summed E-state index contributed by atoms with van der Waals surface area (Å²) in [5.74, 6) is 0.255. The van der Waals surface area contributed by atoms with Crippen LogP contribution >= 0.6 is 11.6 Å². The summed E-state index contributed by atoms with van der Waals surface area (Å²) < 4.78 is 9.50. The average Bonchev–Trinajstić information content (AvgIpc) is 3.19. The summed E-state index contributed by atoms with van der Waals surface area (Å²) in [4.78, 5) is 25.4. The van der Waals surface area contributed by atoms with Crippen LogP contribution in [0.4, 0.5) is 11.6 Å². The minimum absolute atomic E-state index is 0.0886. The van der Waals surface area contributed by atoms with Crippen LogP contribution in [0, 0.1) is 0 Å². The van der Waals surface area contributed by atoms with Crippen molar-refractivity contribution < 1.29 is 9.84 Å². The van der Waals surface area contributed by atoms with Gasteiger partial charge in [0.1, 0.15) is 17.4 Å². The van der Waals surface area contributed by atoms with Gasteiger partial charge < -0.3 is 15.2 Å². The van der Waals surface area contributed by atoms with Crippen molar-refractivity contribution in [1.82, 2.24) is 33.7 Å². The van der Waals surface area contributed by atoms with Crippen LogP contribution in [-0.4, -0.2) is 57.6 Å². The van der Waals surface area contributed by atoms with Gasteiger partial charge in [-0.05, 0) is 0 Å². The summed E-state index contributed by atoms with van der Waals surface area (Å²) in [6, 6.07) is 1.67. The van der Waals surface area contributed by atoms with Crippen LogP contribution in [0.1, 0.15) is 0 Å². The summed E-state index contributed by atoms with van der Waals surface area (Å²) in [6.07, 6.45) is 4.64. The minimum atomic E-state index is -1.07. The van der Waals surface area contributed by atoms with Crippen LogP contribution in [0.15, 0.2) is 29.6 Å². The number of pyridine rings is 1. The zero-order valence-electron chi connectivity index (χ0n) is 14.7. The third-order valence-electron chi connectivity index (χ3n) is 4.69. The zero-order valence-corrected chi connectivity index (χ0v) is 15.5. The van der Waals surface area contributed by atoms with Crippen molar-refractivity contribution in [3.8, 4) is 0 Å². The molecular formula is C16H15ClN8O3. The van der Waals surface area contributed by atoms with E-state index in [-0.39, 0.29) is 31.4 Å². The van der Waals surface area contributed by atoms with E-state index in [1.165, 1.54) is 15.5 Å². The Morgan fingerprint density at radius 2 is 2.21 bits per heavy atom. The second kappa shape index (κ2) is 5.99. The van der Waals surface area contributed by atoms with Crippen LogP contribution < -0.4 is 11.0 Å². The van der Waals surface area contributed by atoms with E-state index in [0.29, 0.717) is 27.5 Å². The maximum atomic E-state index is 12.6. The van der Waals surface area contributed by atoms with Gasteiger partial charge in [0.2, 0.25) is 5.95 Å². The SMILES string of the molecule is Cn1c(=O)n(CC2(O)COC2)c2nc(Nc3cn4ncnc4cc3Cl)ncc21. The summed E-state index contributed by atoms with van der Waals surface area (Å²) >= 11 is 6.30. The lowest BCUT2D eigenvalue weighted by Crippen LogP contribution is -2.53. The van der Waals surface area contributed by atoms with E-state index in [0.717, 1.165) is 0 Å². The molecular weight excluding hydrogens is 388 g/mol. The molecule has 144 valence electrons. The first-order valence-electron chi connectivity index (χ1n) is 8.42. The molecule has 2 N–H and O–H groups in total. The third-order valence-corrected chi connectivity index (χ3v) is 5.00. The zero-order chi connectivity index (χ0) is 19.5. The number of nitrogens with one attached hydrogen (secondary N) is 1. The number of imidazole rings is 1. The van der Waals surface area contributed by atoms with Gasteiger partial charge in [0.15, 0.2) is 11.3 Å². The molecule has 0 unspecified atom stereocenters. The summed E-state index contributed by atoms with van der Waals surface area (Å²) in [6.45, 7) is 0.449. The molecule has 1 fully saturated rings. The first-order chi connectivity index (χ1) is 13.4. The first kappa shape index (κ1) is 17.1. The topological polar surface area (TPSA) is 124 Å². The molecule has 12 heteroatoms. The van der Waals surface area contributed by atoms with Gasteiger partial charge in [-0.2, -0.15) is 10.1 Å². The number of rotatable bonds is 4. The minimum Gasteiger partial charge on any atom is -0.383 e. The van der Waals surface area contributed by atoms with Crippen molar-refractivity contribution in [3.05, 3.63) is 40.3 Å². The highest BCUT2D eigenvalue weighted by Crippen LogP contribution is 2.26. The number of ether oxygens (including phenoxy) is 1. The number of aryl methyl sites for hydroxylation is 1. The Balaban J connectivity index is 1.56. The summed E-state index contributed by atoms with van der Waals surface area (Å²) in [5, 5.41) is 17.9. The number of hydrogen-bond acceptors (Lipinski definition) is 8. The predicted octanol–water partition coefficient (Wildman–Crippen LogP) is 0.331. The van der Waals surface area contributed by atoms with Crippen molar-refractivity contribution in [2.45, 2.75) is 12.1 Å². The second-order valence-corrected chi connectivity index (χ2v) is 7.18. The number of anilines is 2. The lowest BCUT2D eigenvalue weighted by molar-refractivity contribution is -0.185. The van der Waals surface area contributed by atoms with Gasteiger partial charge in [-0.15, -0.1) is 0 Å². The Kier molecular flexibility index (Phi) is 3.66. The van der Waals surface area contributed by atoms with Gasteiger partial charge in [-0.25, -0.2) is 19.3 Å². The van der Waals surface area contributed by atoms with E-state index in [9.17, 15) is 9.90 Å². The van der Waals surface area contributed by atoms with Crippen LogP contribution in [-0.2, 0) is 18.3 Å². The van der Waals surface area contributed by atoms with E-state index in [1.54, 1.807) is 30.0 Å². The molecule has 0 saturated carbocycles. The van der Waals surface area contributed by atoms with Crippen molar-refractivity contribution in [2.75, 3.05) is 18.5 Å². The van der Waals surface area contributed by atoms with Crippen LogP contribution in [0.5, 0.6) is 0 Å². The van der Waals surface area contributed by atoms with Gasteiger partial charge in [-0.1, -0.05) is 11.6 Å². The molecule has 1 aliphatic heterocycles. The number of hydrogen-bond donors (Lipinski definition) is 2. The van der Waals surface area contributed by atoms with Gasteiger partial charge >= 0.3 is 5.69 Å². The maximum Gasteiger partial charge on any atom is 0.330 e. The van der Waals surface area contributed by atoms with Crippen molar-refractivity contribution in [1.29, 1.82) is 0 Å². The Morgan fingerprint density at radius 3 is 2.96 bits per heavy atom. The average molecular weight is 403 g/mol. The summed E-state index contributed by atoms with van der Waals surface area (Å²) in [5.41, 5.74) is 0.747. The molecule has 11 nitrogen and oxygen atoms in total. The number of nitrogens with zero attached hydrogens (tertiary/aromatic N) is 7. The Labute approximate surface area is 162 Å². The van der Waals surface area contributed by atoms with E-state index >= 15 is 0 Å². The van der Waals surface area contributed by atoms with Crippen LogP contribution in [0.2, 0.25) is 5.02 Å². The molecule has 0 amide bonds. The van der Waals surface area contributed by atoms with Gasteiger partial charge in [0.25, 0.3) is 0 Å². The number of halogens is 1. The van der Waals surface area contributed by atoms with E-state index < -0.39 is 5.60 Å². The monoisotopic (exact) mass is 402 g/mol. The molecule has 1 aliphatic rings. The predicted molar refractivity (Wildman–Crippen MR) is 99.8 cm³/mol. The van der Waals surface area contributed by atoms with E-state index in [2.05, 4.69) is 25.4 Å². The fourth-order valence-corrected chi connectivity index (χ4v) is 3.35. The molecule has 0 atom stereocenters. The first-order valence-corrected chi connectivity index (χ1v) is 8.80. The molecule has 0 spiro atoms. The Morgan fingerprint density at radius 1 is 1.39 bits per heavy atom. The van der Waals surface area contributed by atoms with E-state index in [4.69, 9.17) is 16.3 Å². The molecule has 5 heterocycles. The highest BCUT2D eigenvalue weighted by molar-refractivity contribution is 6.33. The van der Waals surface area contributed by atoms with Crippen molar-refractivity contribution >= 4 is 40.0 Å². The molecule has 4 aromatic rings. The van der Waals surface area contributed by atoms with Crippen molar-refractivity contribution in [2.24, 2.45) is 7.05 Å². The normalized spacial score (nSPS) is 15.8.